The molecular weight excluding hydrogens is 324 g/mol. The molecule has 0 spiro atoms. The van der Waals surface area contributed by atoms with E-state index in [2.05, 4.69) is 41.2 Å². The molecule has 3 nitrogen and oxygen atoms in total. The molecule has 5 heteroatoms. The van der Waals surface area contributed by atoms with Crippen LogP contribution in [0.3, 0.4) is 0 Å². The maximum atomic E-state index is 11.8. The smallest absolute Gasteiger partial charge is 0.220 e. The van der Waals surface area contributed by atoms with E-state index in [1.165, 1.54) is 4.88 Å². The van der Waals surface area contributed by atoms with Crippen molar-refractivity contribution in [1.29, 1.82) is 0 Å². The Morgan fingerprint density at radius 1 is 1.47 bits per heavy atom. The van der Waals surface area contributed by atoms with Gasteiger partial charge in [0.05, 0.1) is 3.79 Å². The highest BCUT2D eigenvalue weighted by atomic mass is 79.9. The van der Waals surface area contributed by atoms with Crippen molar-refractivity contribution in [2.75, 3.05) is 13.1 Å². The lowest BCUT2D eigenvalue weighted by Crippen LogP contribution is -2.30. The van der Waals surface area contributed by atoms with Gasteiger partial charge in [-0.3, -0.25) is 4.79 Å². The average Bonchev–Trinajstić information content (AvgIpc) is 2.73. The quantitative estimate of drug-likeness (QED) is 0.759. The van der Waals surface area contributed by atoms with Gasteiger partial charge in [-0.15, -0.1) is 11.3 Å². The molecule has 0 fully saturated rings. The van der Waals surface area contributed by atoms with E-state index in [9.17, 15) is 4.79 Å². The summed E-state index contributed by atoms with van der Waals surface area (Å²) >= 11 is 5.15. The molecule has 1 atom stereocenters. The monoisotopic (exact) mass is 346 g/mol. The molecule has 0 aliphatic carbocycles. The van der Waals surface area contributed by atoms with Gasteiger partial charge in [-0.05, 0) is 59.3 Å². The first-order chi connectivity index (χ1) is 9.01. The van der Waals surface area contributed by atoms with Crippen molar-refractivity contribution in [3.05, 3.63) is 20.8 Å². The Kier molecular flexibility index (Phi) is 7.64. The van der Waals surface area contributed by atoms with Crippen molar-refractivity contribution in [3.8, 4) is 0 Å². The van der Waals surface area contributed by atoms with E-state index < -0.39 is 0 Å². The number of thiophene rings is 1. The average molecular weight is 347 g/mol. The molecule has 0 aromatic carbocycles. The van der Waals surface area contributed by atoms with Gasteiger partial charge in [0, 0.05) is 17.8 Å². The Labute approximate surface area is 128 Å². The van der Waals surface area contributed by atoms with Gasteiger partial charge >= 0.3 is 0 Å². The summed E-state index contributed by atoms with van der Waals surface area (Å²) in [6.45, 7) is 5.61. The fourth-order valence-electron chi connectivity index (χ4n) is 2.08. The summed E-state index contributed by atoms with van der Waals surface area (Å²) in [6.07, 6.45) is 2.45. The molecule has 108 valence electrons. The third-order valence-electron chi connectivity index (χ3n) is 2.93. The Hall–Kier alpha value is -0.390. The molecule has 0 radical (unpaired) electrons. The predicted octanol–water partition coefficient (Wildman–Crippen LogP) is 3.18. The lowest BCUT2D eigenvalue weighted by molar-refractivity contribution is -0.122. The van der Waals surface area contributed by atoms with Crippen LogP contribution in [0, 0.1) is 11.8 Å². The van der Waals surface area contributed by atoms with Gasteiger partial charge in [0.25, 0.3) is 0 Å². The van der Waals surface area contributed by atoms with Crippen molar-refractivity contribution in [2.24, 2.45) is 17.6 Å². The van der Waals surface area contributed by atoms with Crippen molar-refractivity contribution >= 4 is 33.2 Å². The molecule has 1 aromatic heterocycles. The van der Waals surface area contributed by atoms with E-state index in [4.69, 9.17) is 5.73 Å². The molecule has 1 heterocycles. The summed E-state index contributed by atoms with van der Waals surface area (Å²) in [4.78, 5) is 13.1. The van der Waals surface area contributed by atoms with E-state index in [1.54, 1.807) is 11.3 Å². The molecule has 1 unspecified atom stereocenters. The number of hydrogen-bond donors (Lipinski definition) is 2. The summed E-state index contributed by atoms with van der Waals surface area (Å²) < 4.78 is 1.13. The fraction of sp³-hybridized carbons (Fsp3) is 0.643. The number of carbonyl (C=O) groups is 1. The van der Waals surface area contributed by atoms with Crippen molar-refractivity contribution in [1.82, 2.24) is 5.32 Å². The SMILES string of the molecule is CC(C)CC(CN)CC(=O)NCCc1ccc(Br)s1. The maximum Gasteiger partial charge on any atom is 0.220 e. The minimum Gasteiger partial charge on any atom is -0.356 e. The zero-order valence-corrected chi connectivity index (χ0v) is 14.0. The summed E-state index contributed by atoms with van der Waals surface area (Å²) in [7, 11) is 0. The largest absolute Gasteiger partial charge is 0.356 e. The highest BCUT2D eigenvalue weighted by Crippen LogP contribution is 2.22. The molecular formula is C14H23BrN2OS. The Bertz CT molecular complexity index is 393. The zero-order chi connectivity index (χ0) is 14.3. The molecule has 0 saturated carbocycles. The number of nitrogens with two attached hydrogens (primary N) is 1. The minimum absolute atomic E-state index is 0.117. The highest BCUT2D eigenvalue weighted by Gasteiger charge is 2.13. The van der Waals surface area contributed by atoms with E-state index in [-0.39, 0.29) is 5.91 Å². The van der Waals surface area contributed by atoms with Crippen LogP contribution < -0.4 is 11.1 Å². The van der Waals surface area contributed by atoms with Crippen LogP contribution in [-0.4, -0.2) is 19.0 Å². The molecule has 0 saturated heterocycles. The van der Waals surface area contributed by atoms with Crippen LogP contribution in [0.1, 0.15) is 31.6 Å². The van der Waals surface area contributed by atoms with Gasteiger partial charge in [0.2, 0.25) is 5.91 Å². The normalized spacial score (nSPS) is 12.7. The summed E-state index contributed by atoms with van der Waals surface area (Å²) in [6, 6.07) is 4.12. The third kappa shape index (κ3) is 7.09. The summed E-state index contributed by atoms with van der Waals surface area (Å²) in [5.74, 6) is 1.01. The van der Waals surface area contributed by atoms with Gasteiger partial charge < -0.3 is 11.1 Å². The Morgan fingerprint density at radius 3 is 2.74 bits per heavy atom. The second kappa shape index (κ2) is 8.72. The van der Waals surface area contributed by atoms with E-state index >= 15 is 0 Å². The summed E-state index contributed by atoms with van der Waals surface area (Å²) in [5, 5.41) is 2.98. The van der Waals surface area contributed by atoms with Crippen LogP contribution in [0.25, 0.3) is 0 Å². The lowest BCUT2D eigenvalue weighted by atomic mass is 9.94. The Balaban J connectivity index is 2.23. The van der Waals surface area contributed by atoms with Gasteiger partial charge in [0.1, 0.15) is 0 Å². The fourth-order valence-corrected chi connectivity index (χ4v) is 3.56. The second-order valence-electron chi connectivity index (χ2n) is 5.24. The minimum atomic E-state index is 0.117. The standard InChI is InChI=1S/C14H23BrN2OS/c1-10(2)7-11(9-16)8-14(18)17-6-5-12-3-4-13(15)19-12/h3-4,10-11H,5-9,16H2,1-2H3,(H,17,18). The van der Waals surface area contributed by atoms with Crippen molar-refractivity contribution in [3.63, 3.8) is 0 Å². The number of carbonyl (C=O) groups excluding carboxylic acids is 1. The molecule has 1 rings (SSSR count). The molecule has 0 aliphatic rings. The lowest BCUT2D eigenvalue weighted by Gasteiger charge is -2.16. The molecule has 0 bridgehead atoms. The topological polar surface area (TPSA) is 55.1 Å². The second-order valence-corrected chi connectivity index (χ2v) is 7.79. The van der Waals surface area contributed by atoms with Crippen LogP contribution in [0.5, 0.6) is 0 Å². The highest BCUT2D eigenvalue weighted by molar-refractivity contribution is 9.11. The van der Waals surface area contributed by atoms with Gasteiger partial charge in [-0.25, -0.2) is 0 Å². The molecule has 3 N–H and O–H groups in total. The number of rotatable bonds is 8. The van der Waals surface area contributed by atoms with Crippen molar-refractivity contribution < 1.29 is 4.79 Å². The number of halogens is 1. The van der Waals surface area contributed by atoms with Gasteiger partial charge in [0.15, 0.2) is 0 Å². The van der Waals surface area contributed by atoms with Crippen LogP contribution in [0.4, 0.5) is 0 Å². The van der Waals surface area contributed by atoms with E-state index in [1.807, 2.05) is 6.07 Å². The molecule has 0 aliphatic heterocycles. The van der Waals surface area contributed by atoms with Crippen LogP contribution in [0.15, 0.2) is 15.9 Å². The van der Waals surface area contributed by atoms with E-state index in [0.29, 0.717) is 31.3 Å². The van der Waals surface area contributed by atoms with E-state index in [0.717, 1.165) is 16.6 Å². The first-order valence-corrected chi connectivity index (χ1v) is 8.33. The molecule has 1 aromatic rings. The van der Waals surface area contributed by atoms with Gasteiger partial charge in [-0.1, -0.05) is 13.8 Å². The Morgan fingerprint density at radius 2 is 2.21 bits per heavy atom. The van der Waals surface area contributed by atoms with Gasteiger partial charge in [-0.2, -0.15) is 0 Å². The molecule has 19 heavy (non-hydrogen) atoms. The number of nitrogens with one attached hydrogen (secondary N) is 1. The maximum absolute atomic E-state index is 11.8. The molecule has 1 amide bonds. The number of amides is 1. The first-order valence-electron chi connectivity index (χ1n) is 6.72. The van der Waals surface area contributed by atoms with Crippen LogP contribution in [0.2, 0.25) is 0 Å². The third-order valence-corrected chi connectivity index (χ3v) is 4.62. The predicted molar refractivity (Wildman–Crippen MR) is 85.3 cm³/mol. The van der Waals surface area contributed by atoms with Crippen LogP contribution >= 0.6 is 27.3 Å². The first kappa shape index (κ1) is 16.7. The van der Waals surface area contributed by atoms with Crippen molar-refractivity contribution in [2.45, 2.75) is 33.1 Å². The number of hydrogen-bond acceptors (Lipinski definition) is 3. The zero-order valence-electron chi connectivity index (χ0n) is 11.6. The summed E-state index contributed by atoms with van der Waals surface area (Å²) in [5.41, 5.74) is 5.71. The van der Waals surface area contributed by atoms with Crippen LogP contribution in [-0.2, 0) is 11.2 Å².